The minimum absolute atomic E-state index is 0. The monoisotopic (exact) mass is 490 g/mol. The highest BCUT2D eigenvalue weighted by molar-refractivity contribution is 14.0. The number of nitrogens with zero attached hydrogens (tertiary/aromatic N) is 1. The Bertz CT molecular complexity index is 583. The Morgan fingerprint density at radius 2 is 1.70 bits per heavy atom. The highest BCUT2D eigenvalue weighted by atomic mass is 127. The molecule has 0 fully saturated rings. The van der Waals surface area contributed by atoms with Gasteiger partial charge in [-0.05, 0) is 53.0 Å². The third kappa shape index (κ3) is 12.5. The maximum atomic E-state index is 11.9. The molecule has 0 aromatic heterocycles. The summed E-state index contributed by atoms with van der Waals surface area (Å²) in [5, 5.41) is 9.42. The smallest absolute Gasteiger partial charge is 0.408 e. The molecule has 0 bridgehead atoms. The van der Waals surface area contributed by atoms with E-state index in [0.717, 1.165) is 25.3 Å². The summed E-state index contributed by atoms with van der Waals surface area (Å²) in [6.07, 6.45) is 1.62. The van der Waals surface area contributed by atoms with Gasteiger partial charge in [0.2, 0.25) is 0 Å². The molecule has 1 aromatic carbocycles. The molecule has 0 atom stereocenters. The zero-order valence-electron chi connectivity index (χ0n) is 17.4. The Labute approximate surface area is 181 Å². The zero-order valence-corrected chi connectivity index (χ0v) is 19.7. The molecule has 0 saturated heterocycles. The van der Waals surface area contributed by atoms with E-state index in [1.54, 1.807) is 7.05 Å². The molecule has 0 aliphatic heterocycles. The lowest BCUT2D eigenvalue weighted by Gasteiger charge is -2.29. The lowest BCUT2D eigenvalue weighted by atomic mass is 10.1. The number of rotatable bonds is 7. The van der Waals surface area contributed by atoms with Gasteiger partial charge >= 0.3 is 6.09 Å². The molecule has 1 amide bonds. The van der Waals surface area contributed by atoms with Gasteiger partial charge < -0.3 is 20.7 Å². The van der Waals surface area contributed by atoms with Crippen LogP contribution in [-0.2, 0) is 11.2 Å². The topological polar surface area (TPSA) is 74.8 Å². The summed E-state index contributed by atoms with van der Waals surface area (Å²) in [5.74, 6) is 0.720. The predicted octanol–water partition coefficient (Wildman–Crippen LogP) is 3.71. The number of nitrogens with one attached hydrogen (secondary N) is 3. The van der Waals surface area contributed by atoms with Crippen molar-refractivity contribution in [2.24, 2.45) is 4.99 Å². The molecule has 0 aliphatic carbocycles. The molecule has 0 saturated carbocycles. The number of guanidine groups is 1. The molecular weight excluding hydrogens is 455 g/mol. The standard InChI is InChI=1S/C20H34N4O2.HI/c1-19(2,3)26-18(25)24-20(4,5)15-23-17(21-6)22-14-10-13-16-11-8-7-9-12-16;/h7-9,11-12H,10,13-15H2,1-6H3,(H,24,25)(H2,21,22,23);1H. The number of ether oxygens (including phenoxy) is 1. The second kappa shape index (κ2) is 12.0. The van der Waals surface area contributed by atoms with Crippen LogP contribution >= 0.6 is 24.0 Å². The summed E-state index contributed by atoms with van der Waals surface area (Å²) >= 11 is 0. The van der Waals surface area contributed by atoms with Gasteiger partial charge in [0.15, 0.2) is 5.96 Å². The zero-order chi connectivity index (χ0) is 19.6. The van der Waals surface area contributed by atoms with E-state index < -0.39 is 17.2 Å². The molecule has 0 aliphatic rings. The van der Waals surface area contributed by atoms with Gasteiger partial charge in [-0.15, -0.1) is 24.0 Å². The summed E-state index contributed by atoms with van der Waals surface area (Å²) in [4.78, 5) is 16.2. The van der Waals surface area contributed by atoms with Crippen molar-refractivity contribution in [3.05, 3.63) is 35.9 Å². The quantitative estimate of drug-likeness (QED) is 0.236. The van der Waals surface area contributed by atoms with Crippen LogP contribution in [-0.4, -0.2) is 43.3 Å². The van der Waals surface area contributed by atoms with Crippen LogP contribution in [0.2, 0.25) is 0 Å². The van der Waals surface area contributed by atoms with Crippen molar-refractivity contribution in [3.63, 3.8) is 0 Å². The number of amides is 1. The second-order valence-corrected chi connectivity index (χ2v) is 7.95. The van der Waals surface area contributed by atoms with E-state index in [-0.39, 0.29) is 24.0 Å². The maximum absolute atomic E-state index is 11.9. The Balaban J connectivity index is 0.00000676. The average molecular weight is 490 g/mol. The molecule has 6 nitrogen and oxygen atoms in total. The van der Waals surface area contributed by atoms with Crippen molar-refractivity contribution in [1.29, 1.82) is 0 Å². The van der Waals surface area contributed by atoms with Crippen LogP contribution in [0.15, 0.2) is 35.3 Å². The molecular formula is C20H35IN4O2. The molecule has 3 N–H and O–H groups in total. The molecule has 154 valence electrons. The average Bonchev–Trinajstić information content (AvgIpc) is 2.52. The minimum Gasteiger partial charge on any atom is -0.444 e. The van der Waals surface area contributed by atoms with Gasteiger partial charge in [-0.3, -0.25) is 4.99 Å². The van der Waals surface area contributed by atoms with E-state index >= 15 is 0 Å². The SMILES string of the molecule is CN=C(NCCCc1ccccc1)NCC(C)(C)NC(=O)OC(C)(C)C.I. The minimum atomic E-state index is -0.510. The van der Waals surface area contributed by atoms with Crippen LogP contribution < -0.4 is 16.0 Å². The lowest BCUT2D eigenvalue weighted by molar-refractivity contribution is 0.0474. The van der Waals surface area contributed by atoms with E-state index in [1.807, 2.05) is 40.7 Å². The summed E-state index contributed by atoms with van der Waals surface area (Å²) in [6.45, 7) is 10.8. The van der Waals surface area contributed by atoms with Gasteiger partial charge in [-0.25, -0.2) is 4.79 Å². The Morgan fingerprint density at radius 3 is 2.26 bits per heavy atom. The van der Waals surface area contributed by atoms with Crippen molar-refractivity contribution in [2.75, 3.05) is 20.1 Å². The fraction of sp³-hybridized carbons (Fsp3) is 0.600. The number of hydrogen-bond acceptors (Lipinski definition) is 3. The number of hydrogen-bond donors (Lipinski definition) is 3. The summed E-state index contributed by atoms with van der Waals surface area (Å²) in [5.41, 5.74) is 0.355. The predicted molar refractivity (Wildman–Crippen MR) is 123 cm³/mol. The first-order valence-electron chi connectivity index (χ1n) is 9.11. The van der Waals surface area contributed by atoms with Gasteiger partial charge in [0.25, 0.3) is 0 Å². The number of alkyl carbamates (subject to hydrolysis) is 1. The number of carbonyl (C=O) groups is 1. The third-order valence-electron chi connectivity index (χ3n) is 3.54. The molecule has 0 radical (unpaired) electrons. The molecule has 0 unspecified atom stereocenters. The fourth-order valence-electron chi connectivity index (χ4n) is 2.29. The fourth-order valence-corrected chi connectivity index (χ4v) is 2.29. The van der Waals surface area contributed by atoms with E-state index in [2.05, 4.69) is 45.2 Å². The number of carbonyl (C=O) groups excluding carboxylic acids is 1. The van der Waals surface area contributed by atoms with Crippen LogP contribution in [0.5, 0.6) is 0 Å². The highest BCUT2D eigenvalue weighted by Gasteiger charge is 2.24. The van der Waals surface area contributed by atoms with Crippen molar-refractivity contribution in [3.8, 4) is 0 Å². The normalized spacial score (nSPS) is 12.0. The van der Waals surface area contributed by atoms with Crippen molar-refractivity contribution < 1.29 is 9.53 Å². The third-order valence-corrected chi connectivity index (χ3v) is 3.54. The van der Waals surface area contributed by atoms with E-state index in [0.29, 0.717) is 6.54 Å². The molecule has 27 heavy (non-hydrogen) atoms. The number of aryl methyl sites for hydroxylation is 1. The second-order valence-electron chi connectivity index (χ2n) is 7.95. The maximum Gasteiger partial charge on any atom is 0.408 e. The van der Waals surface area contributed by atoms with Gasteiger partial charge in [-0.2, -0.15) is 0 Å². The van der Waals surface area contributed by atoms with E-state index in [4.69, 9.17) is 4.74 Å². The number of benzene rings is 1. The van der Waals surface area contributed by atoms with Gasteiger partial charge in [-0.1, -0.05) is 30.3 Å². The molecule has 1 rings (SSSR count). The summed E-state index contributed by atoms with van der Waals surface area (Å²) in [6, 6.07) is 10.4. The van der Waals surface area contributed by atoms with Crippen LogP contribution in [0, 0.1) is 0 Å². The first-order valence-corrected chi connectivity index (χ1v) is 9.11. The van der Waals surface area contributed by atoms with Crippen LogP contribution in [0.3, 0.4) is 0 Å². The Morgan fingerprint density at radius 1 is 1.07 bits per heavy atom. The Hall–Kier alpha value is -1.51. The van der Waals surface area contributed by atoms with Crippen LogP contribution in [0.25, 0.3) is 0 Å². The molecule has 7 heteroatoms. The first-order chi connectivity index (χ1) is 12.1. The van der Waals surface area contributed by atoms with Crippen LogP contribution in [0.1, 0.15) is 46.6 Å². The van der Waals surface area contributed by atoms with Gasteiger partial charge in [0.05, 0.1) is 5.54 Å². The Kier molecular flexibility index (Phi) is 11.4. The van der Waals surface area contributed by atoms with Crippen LogP contribution in [0.4, 0.5) is 4.79 Å². The first kappa shape index (κ1) is 25.5. The van der Waals surface area contributed by atoms with Gasteiger partial charge in [0, 0.05) is 20.1 Å². The van der Waals surface area contributed by atoms with Crippen molar-refractivity contribution in [1.82, 2.24) is 16.0 Å². The molecule has 0 spiro atoms. The van der Waals surface area contributed by atoms with Crippen molar-refractivity contribution >= 4 is 36.0 Å². The number of aliphatic imine (C=N–C) groups is 1. The molecule has 0 heterocycles. The largest absolute Gasteiger partial charge is 0.444 e. The summed E-state index contributed by atoms with van der Waals surface area (Å²) < 4.78 is 5.30. The highest BCUT2D eigenvalue weighted by Crippen LogP contribution is 2.09. The van der Waals surface area contributed by atoms with E-state index in [9.17, 15) is 4.79 Å². The van der Waals surface area contributed by atoms with Gasteiger partial charge in [0.1, 0.15) is 5.60 Å². The van der Waals surface area contributed by atoms with E-state index in [1.165, 1.54) is 5.56 Å². The summed E-state index contributed by atoms with van der Waals surface area (Å²) in [7, 11) is 1.74. The number of halogens is 1. The lowest BCUT2D eigenvalue weighted by Crippen LogP contribution is -2.54. The van der Waals surface area contributed by atoms with Crippen molar-refractivity contribution in [2.45, 2.75) is 58.6 Å². The molecule has 1 aromatic rings.